The van der Waals surface area contributed by atoms with Gasteiger partial charge in [-0.15, -0.1) is 0 Å². The predicted octanol–water partition coefficient (Wildman–Crippen LogP) is 2.70. The number of carboxylic acids is 1. The molecule has 1 aromatic carbocycles. The molecule has 19 heavy (non-hydrogen) atoms. The van der Waals surface area contributed by atoms with Gasteiger partial charge in [-0.2, -0.15) is 0 Å². The third-order valence-corrected chi connectivity index (χ3v) is 2.76. The summed E-state index contributed by atoms with van der Waals surface area (Å²) in [7, 11) is 0. The fourth-order valence-corrected chi connectivity index (χ4v) is 1.60. The Morgan fingerprint density at radius 3 is 2.26 bits per heavy atom. The lowest BCUT2D eigenvalue weighted by Crippen LogP contribution is -2.46. The molecule has 0 saturated heterocycles. The van der Waals surface area contributed by atoms with E-state index in [1.54, 1.807) is 12.1 Å². The van der Waals surface area contributed by atoms with Crippen molar-refractivity contribution in [2.75, 3.05) is 5.32 Å². The second-order valence-corrected chi connectivity index (χ2v) is 5.48. The Bertz CT molecular complexity index is 438. The largest absolute Gasteiger partial charge is 0.481 e. The molecule has 5 heteroatoms. The molecule has 0 fully saturated rings. The zero-order valence-corrected chi connectivity index (χ0v) is 11.4. The summed E-state index contributed by atoms with van der Waals surface area (Å²) in [6, 6.07) is 8.18. The van der Waals surface area contributed by atoms with Crippen molar-refractivity contribution in [3.8, 4) is 0 Å². The van der Waals surface area contributed by atoms with E-state index in [-0.39, 0.29) is 11.8 Å². The molecular weight excluding hydrogens is 244 g/mol. The first-order valence-corrected chi connectivity index (χ1v) is 6.13. The number of aliphatic carboxylic acids is 1. The summed E-state index contributed by atoms with van der Waals surface area (Å²) < 4.78 is 0. The number of hydrogen-bond donors (Lipinski definition) is 3. The first kappa shape index (κ1) is 15.0. The van der Waals surface area contributed by atoms with E-state index in [2.05, 4.69) is 10.6 Å². The van der Waals surface area contributed by atoms with Crippen LogP contribution in [-0.2, 0) is 4.79 Å². The van der Waals surface area contributed by atoms with E-state index in [0.717, 1.165) is 0 Å². The Balaban J connectivity index is 2.64. The Morgan fingerprint density at radius 2 is 1.79 bits per heavy atom. The maximum Gasteiger partial charge on any atom is 0.319 e. The molecule has 104 valence electrons. The molecule has 0 aliphatic rings. The van der Waals surface area contributed by atoms with Crippen LogP contribution in [0.3, 0.4) is 0 Å². The molecule has 0 spiro atoms. The molecule has 0 aromatic heterocycles. The minimum absolute atomic E-state index is 0.105. The Hall–Kier alpha value is -2.04. The highest BCUT2D eigenvalue weighted by molar-refractivity contribution is 5.89. The third kappa shape index (κ3) is 5.42. The van der Waals surface area contributed by atoms with Gasteiger partial charge in [0, 0.05) is 11.7 Å². The van der Waals surface area contributed by atoms with Crippen LogP contribution in [0.15, 0.2) is 30.3 Å². The normalized spacial score (nSPS) is 12.6. The maximum atomic E-state index is 11.8. The number of rotatable bonds is 4. The Kier molecular flexibility index (Phi) is 4.92. The van der Waals surface area contributed by atoms with Crippen molar-refractivity contribution >= 4 is 17.7 Å². The number of nitrogens with one attached hydrogen (secondary N) is 2. The molecule has 3 N–H and O–H groups in total. The molecule has 5 nitrogen and oxygen atoms in total. The van der Waals surface area contributed by atoms with Gasteiger partial charge in [0.2, 0.25) is 0 Å². The van der Waals surface area contributed by atoms with Gasteiger partial charge in [-0.05, 0) is 17.5 Å². The van der Waals surface area contributed by atoms with Crippen LogP contribution in [-0.4, -0.2) is 23.1 Å². The van der Waals surface area contributed by atoms with E-state index in [1.165, 1.54) is 0 Å². The summed E-state index contributed by atoms with van der Waals surface area (Å²) in [5, 5.41) is 14.3. The molecule has 0 aliphatic heterocycles. The van der Waals surface area contributed by atoms with Crippen LogP contribution >= 0.6 is 0 Å². The number of para-hydroxylation sites is 1. The van der Waals surface area contributed by atoms with Gasteiger partial charge in [0.1, 0.15) is 0 Å². The number of hydrogen-bond acceptors (Lipinski definition) is 2. The second-order valence-electron chi connectivity index (χ2n) is 5.48. The molecule has 1 atom stereocenters. The maximum absolute atomic E-state index is 11.8. The molecule has 1 aromatic rings. The number of carbonyl (C=O) groups is 2. The van der Waals surface area contributed by atoms with Crippen LogP contribution < -0.4 is 10.6 Å². The lowest BCUT2D eigenvalue weighted by Gasteiger charge is -2.30. The average molecular weight is 264 g/mol. The average Bonchev–Trinajstić information content (AvgIpc) is 2.27. The van der Waals surface area contributed by atoms with Crippen molar-refractivity contribution in [3.63, 3.8) is 0 Å². The van der Waals surface area contributed by atoms with Crippen LogP contribution in [0.5, 0.6) is 0 Å². The number of urea groups is 1. The summed E-state index contributed by atoms with van der Waals surface area (Å²) in [4.78, 5) is 22.7. The standard InChI is InChI=1S/C14H20N2O3/c1-14(2,3)11(9-12(17)18)16-13(19)15-10-7-5-4-6-8-10/h4-8,11H,9H2,1-3H3,(H,17,18)(H2,15,16,19). The van der Waals surface area contributed by atoms with Crippen LogP contribution in [0, 0.1) is 5.41 Å². The van der Waals surface area contributed by atoms with Gasteiger partial charge in [-0.1, -0.05) is 39.0 Å². The molecule has 0 radical (unpaired) electrons. The van der Waals surface area contributed by atoms with E-state index in [4.69, 9.17) is 5.11 Å². The smallest absolute Gasteiger partial charge is 0.319 e. The number of anilines is 1. The van der Waals surface area contributed by atoms with Gasteiger partial charge >= 0.3 is 12.0 Å². The van der Waals surface area contributed by atoms with Gasteiger partial charge in [0.15, 0.2) is 0 Å². The van der Waals surface area contributed by atoms with Crippen molar-refractivity contribution in [1.82, 2.24) is 5.32 Å². The fraction of sp³-hybridized carbons (Fsp3) is 0.429. The Labute approximate surface area is 113 Å². The lowest BCUT2D eigenvalue weighted by molar-refractivity contribution is -0.138. The SMILES string of the molecule is CC(C)(C)C(CC(=O)O)NC(=O)Nc1ccccc1. The minimum atomic E-state index is -0.931. The van der Waals surface area contributed by atoms with Crippen molar-refractivity contribution in [2.45, 2.75) is 33.2 Å². The summed E-state index contributed by atoms with van der Waals surface area (Å²) in [6.45, 7) is 5.68. The first-order chi connectivity index (χ1) is 8.79. The summed E-state index contributed by atoms with van der Waals surface area (Å²) in [5.74, 6) is -0.931. The second kappa shape index (κ2) is 6.22. The van der Waals surface area contributed by atoms with Crippen molar-refractivity contribution < 1.29 is 14.7 Å². The van der Waals surface area contributed by atoms with Gasteiger partial charge in [-0.25, -0.2) is 4.79 Å². The topological polar surface area (TPSA) is 78.4 Å². The van der Waals surface area contributed by atoms with Crippen LogP contribution in [0.2, 0.25) is 0 Å². The molecule has 0 saturated carbocycles. The van der Waals surface area contributed by atoms with E-state index in [1.807, 2.05) is 39.0 Å². The molecule has 1 rings (SSSR count). The van der Waals surface area contributed by atoms with E-state index in [9.17, 15) is 9.59 Å². The molecule has 0 bridgehead atoms. The van der Waals surface area contributed by atoms with E-state index >= 15 is 0 Å². The van der Waals surface area contributed by atoms with Gasteiger partial charge in [0.25, 0.3) is 0 Å². The fourth-order valence-electron chi connectivity index (χ4n) is 1.60. The number of carbonyl (C=O) groups excluding carboxylic acids is 1. The highest BCUT2D eigenvalue weighted by Gasteiger charge is 2.28. The van der Waals surface area contributed by atoms with Crippen molar-refractivity contribution in [1.29, 1.82) is 0 Å². The summed E-state index contributed by atoms with van der Waals surface area (Å²) in [5.41, 5.74) is 0.342. The van der Waals surface area contributed by atoms with Crippen LogP contribution in [0.25, 0.3) is 0 Å². The van der Waals surface area contributed by atoms with E-state index in [0.29, 0.717) is 5.69 Å². The minimum Gasteiger partial charge on any atom is -0.481 e. The van der Waals surface area contributed by atoms with Gasteiger partial charge in [-0.3, -0.25) is 4.79 Å². The molecule has 0 heterocycles. The number of carboxylic acid groups (broad SMARTS) is 1. The van der Waals surface area contributed by atoms with Gasteiger partial charge < -0.3 is 15.7 Å². The summed E-state index contributed by atoms with van der Waals surface area (Å²) in [6.07, 6.45) is -0.105. The summed E-state index contributed by atoms with van der Waals surface area (Å²) >= 11 is 0. The molecular formula is C14H20N2O3. The highest BCUT2D eigenvalue weighted by atomic mass is 16.4. The van der Waals surface area contributed by atoms with Crippen LogP contribution in [0.4, 0.5) is 10.5 Å². The monoisotopic (exact) mass is 264 g/mol. The zero-order chi connectivity index (χ0) is 14.5. The molecule has 2 amide bonds. The quantitative estimate of drug-likeness (QED) is 0.782. The number of benzene rings is 1. The third-order valence-electron chi connectivity index (χ3n) is 2.76. The van der Waals surface area contributed by atoms with Crippen LogP contribution in [0.1, 0.15) is 27.2 Å². The molecule has 0 aliphatic carbocycles. The van der Waals surface area contributed by atoms with Crippen molar-refractivity contribution in [3.05, 3.63) is 30.3 Å². The lowest BCUT2D eigenvalue weighted by atomic mass is 9.85. The number of amides is 2. The zero-order valence-electron chi connectivity index (χ0n) is 11.4. The first-order valence-electron chi connectivity index (χ1n) is 6.13. The predicted molar refractivity (Wildman–Crippen MR) is 74.1 cm³/mol. The van der Waals surface area contributed by atoms with Crippen molar-refractivity contribution in [2.24, 2.45) is 5.41 Å². The van der Waals surface area contributed by atoms with Gasteiger partial charge in [0.05, 0.1) is 6.42 Å². The Morgan fingerprint density at radius 1 is 1.21 bits per heavy atom. The van der Waals surface area contributed by atoms with E-state index < -0.39 is 18.0 Å². The highest BCUT2D eigenvalue weighted by Crippen LogP contribution is 2.22. The molecule has 1 unspecified atom stereocenters.